The molecular formula is C20H28N4. The second-order valence-corrected chi connectivity index (χ2v) is 6.12. The van der Waals surface area contributed by atoms with Crippen LogP contribution < -0.4 is 10.6 Å². The van der Waals surface area contributed by atoms with Crippen molar-refractivity contribution in [2.24, 2.45) is 4.99 Å². The minimum atomic E-state index is 0.819. The summed E-state index contributed by atoms with van der Waals surface area (Å²) in [5.74, 6) is 0.841. The van der Waals surface area contributed by atoms with Gasteiger partial charge in [-0.25, -0.2) is 0 Å². The Kier molecular flexibility index (Phi) is 6.79. The van der Waals surface area contributed by atoms with Gasteiger partial charge >= 0.3 is 0 Å². The molecule has 0 atom stereocenters. The average molecular weight is 324 g/mol. The van der Waals surface area contributed by atoms with Crippen LogP contribution in [0, 0.1) is 20.8 Å². The summed E-state index contributed by atoms with van der Waals surface area (Å²) in [5, 5.41) is 6.73. The van der Waals surface area contributed by atoms with Crippen molar-refractivity contribution in [2.45, 2.75) is 33.6 Å². The highest BCUT2D eigenvalue weighted by Gasteiger charge is 2.04. The van der Waals surface area contributed by atoms with Crippen LogP contribution in [-0.4, -0.2) is 31.1 Å². The van der Waals surface area contributed by atoms with E-state index in [9.17, 15) is 0 Å². The number of nitrogens with one attached hydrogen (secondary N) is 2. The quantitative estimate of drug-likeness (QED) is 0.634. The molecule has 2 rings (SSSR count). The van der Waals surface area contributed by atoms with Crippen LogP contribution in [0.2, 0.25) is 0 Å². The molecule has 0 aliphatic carbocycles. The van der Waals surface area contributed by atoms with Gasteiger partial charge in [0.1, 0.15) is 0 Å². The number of rotatable bonds is 6. The lowest BCUT2D eigenvalue weighted by Crippen LogP contribution is -2.39. The third-order valence-electron chi connectivity index (χ3n) is 4.13. The molecule has 0 fully saturated rings. The lowest BCUT2D eigenvalue weighted by Gasteiger charge is -2.14. The van der Waals surface area contributed by atoms with Crippen molar-refractivity contribution in [1.82, 2.24) is 15.6 Å². The number of pyridine rings is 1. The van der Waals surface area contributed by atoms with Crippen LogP contribution in [0.5, 0.6) is 0 Å². The topological polar surface area (TPSA) is 49.3 Å². The molecule has 0 spiro atoms. The monoisotopic (exact) mass is 324 g/mol. The summed E-state index contributed by atoms with van der Waals surface area (Å²) in [6.45, 7) is 8.22. The minimum Gasteiger partial charge on any atom is -0.356 e. The molecule has 1 heterocycles. The van der Waals surface area contributed by atoms with Gasteiger partial charge in [0, 0.05) is 38.4 Å². The lowest BCUT2D eigenvalue weighted by atomic mass is 9.97. The maximum Gasteiger partial charge on any atom is 0.190 e. The largest absolute Gasteiger partial charge is 0.356 e. The minimum absolute atomic E-state index is 0.819. The van der Waals surface area contributed by atoms with Crippen molar-refractivity contribution < 1.29 is 0 Å². The molecule has 1 aromatic carbocycles. The van der Waals surface area contributed by atoms with Gasteiger partial charge in [0.15, 0.2) is 5.96 Å². The Morgan fingerprint density at radius 1 is 1.00 bits per heavy atom. The van der Waals surface area contributed by atoms with Gasteiger partial charge in [0.05, 0.1) is 0 Å². The van der Waals surface area contributed by atoms with E-state index >= 15 is 0 Å². The van der Waals surface area contributed by atoms with E-state index in [1.807, 2.05) is 24.4 Å². The van der Waals surface area contributed by atoms with E-state index in [-0.39, 0.29) is 0 Å². The Morgan fingerprint density at radius 2 is 1.67 bits per heavy atom. The second kappa shape index (κ2) is 9.06. The van der Waals surface area contributed by atoms with Crippen molar-refractivity contribution in [3.63, 3.8) is 0 Å². The predicted molar refractivity (Wildman–Crippen MR) is 102 cm³/mol. The van der Waals surface area contributed by atoms with Crippen molar-refractivity contribution >= 4 is 5.96 Å². The summed E-state index contributed by atoms with van der Waals surface area (Å²) in [7, 11) is 1.80. The van der Waals surface area contributed by atoms with Gasteiger partial charge in [-0.2, -0.15) is 0 Å². The molecule has 0 radical (unpaired) electrons. The summed E-state index contributed by atoms with van der Waals surface area (Å²) in [6.07, 6.45) is 3.71. The third-order valence-corrected chi connectivity index (χ3v) is 4.13. The zero-order valence-corrected chi connectivity index (χ0v) is 15.2. The second-order valence-electron chi connectivity index (χ2n) is 6.12. The number of hydrogen-bond donors (Lipinski definition) is 2. The Labute approximate surface area is 145 Å². The standard InChI is InChI=1S/C20H28N4/c1-15-13-16(2)19(17(3)14-15)9-12-24-20(21-4)23-11-8-18-7-5-6-10-22-18/h5-7,10,13-14H,8-9,11-12H2,1-4H3,(H2,21,23,24). The van der Waals surface area contributed by atoms with Gasteiger partial charge in [0.25, 0.3) is 0 Å². The molecule has 24 heavy (non-hydrogen) atoms. The van der Waals surface area contributed by atoms with Crippen LogP contribution in [0.3, 0.4) is 0 Å². The summed E-state index contributed by atoms with van der Waals surface area (Å²) in [5.41, 5.74) is 6.58. The van der Waals surface area contributed by atoms with Crippen LogP contribution >= 0.6 is 0 Å². The molecule has 2 aromatic rings. The Bertz CT molecular complexity index is 654. The van der Waals surface area contributed by atoms with Crippen LogP contribution in [0.1, 0.15) is 27.9 Å². The number of nitrogens with zero attached hydrogens (tertiary/aromatic N) is 2. The first-order valence-electron chi connectivity index (χ1n) is 8.51. The molecule has 0 unspecified atom stereocenters. The first-order chi connectivity index (χ1) is 11.6. The molecule has 128 valence electrons. The Balaban J connectivity index is 1.78. The average Bonchev–Trinajstić information content (AvgIpc) is 2.56. The van der Waals surface area contributed by atoms with Gasteiger partial charge in [-0.15, -0.1) is 0 Å². The highest BCUT2D eigenvalue weighted by Crippen LogP contribution is 2.16. The van der Waals surface area contributed by atoms with E-state index in [2.05, 4.69) is 53.5 Å². The summed E-state index contributed by atoms with van der Waals surface area (Å²) in [4.78, 5) is 8.61. The van der Waals surface area contributed by atoms with Gasteiger partial charge in [-0.3, -0.25) is 9.98 Å². The maximum atomic E-state index is 4.33. The lowest BCUT2D eigenvalue weighted by molar-refractivity contribution is 0.773. The van der Waals surface area contributed by atoms with Crippen LogP contribution in [-0.2, 0) is 12.8 Å². The molecule has 0 amide bonds. The van der Waals surface area contributed by atoms with E-state index in [1.165, 1.54) is 22.3 Å². The molecule has 4 nitrogen and oxygen atoms in total. The molecule has 2 N–H and O–H groups in total. The molecule has 0 saturated heterocycles. The molecule has 1 aromatic heterocycles. The van der Waals surface area contributed by atoms with Gasteiger partial charge < -0.3 is 10.6 Å². The number of aromatic nitrogens is 1. The van der Waals surface area contributed by atoms with Gasteiger partial charge in [-0.1, -0.05) is 23.8 Å². The molecule has 0 bridgehead atoms. The maximum absolute atomic E-state index is 4.33. The number of hydrogen-bond acceptors (Lipinski definition) is 2. The smallest absolute Gasteiger partial charge is 0.190 e. The fraction of sp³-hybridized carbons (Fsp3) is 0.400. The van der Waals surface area contributed by atoms with E-state index in [4.69, 9.17) is 0 Å². The van der Waals surface area contributed by atoms with E-state index in [1.54, 1.807) is 7.05 Å². The fourth-order valence-electron chi connectivity index (χ4n) is 2.99. The van der Waals surface area contributed by atoms with Crippen molar-refractivity contribution in [2.75, 3.05) is 20.1 Å². The highest BCUT2D eigenvalue weighted by molar-refractivity contribution is 5.79. The zero-order valence-electron chi connectivity index (χ0n) is 15.2. The molecule has 0 aliphatic heterocycles. The van der Waals surface area contributed by atoms with Crippen molar-refractivity contribution in [3.05, 3.63) is 64.5 Å². The highest BCUT2D eigenvalue weighted by atomic mass is 15.2. The molecule has 0 saturated carbocycles. The van der Waals surface area contributed by atoms with E-state index < -0.39 is 0 Å². The van der Waals surface area contributed by atoms with E-state index in [0.717, 1.165) is 37.6 Å². The first kappa shape index (κ1) is 18.0. The first-order valence-corrected chi connectivity index (χ1v) is 8.51. The molecule has 4 heteroatoms. The van der Waals surface area contributed by atoms with Gasteiger partial charge in [0.2, 0.25) is 0 Å². The summed E-state index contributed by atoms with van der Waals surface area (Å²) in [6, 6.07) is 10.5. The van der Waals surface area contributed by atoms with Crippen LogP contribution in [0.25, 0.3) is 0 Å². The van der Waals surface area contributed by atoms with Crippen LogP contribution in [0.15, 0.2) is 41.5 Å². The number of aliphatic imine (C=N–C) groups is 1. The van der Waals surface area contributed by atoms with Crippen molar-refractivity contribution in [1.29, 1.82) is 0 Å². The van der Waals surface area contributed by atoms with Crippen LogP contribution in [0.4, 0.5) is 0 Å². The summed E-state index contributed by atoms with van der Waals surface area (Å²) >= 11 is 0. The SMILES string of the molecule is CN=C(NCCc1ccccn1)NCCc1c(C)cc(C)cc1C. The molecule has 0 aliphatic rings. The Morgan fingerprint density at radius 3 is 2.25 bits per heavy atom. The van der Waals surface area contributed by atoms with Gasteiger partial charge in [-0.05, 0) is 56.0 Å². The third kappa shape index (κ3) is 5.37. The fourth-order valence-corrected chi connectivity index (χ4v) is 2.99. The number of guanidine groups is 1. The van der Waals surface area contributed by atoms with E-state index in [0.29, 0.717) is 0 Å². The summed E-state index contributed by atoms with van der Waals surface area (Å²) < 4.78 is 0. The van der Waals surface area contributed by atoms with Crippen molar-refractivity contribution in [3.8, 4) is 0 Å². The predicted octanol–water partition coefficient (Wildman–Crippen LogP) is 2.96. The normalized spacial score (nSPS) is 11.4. The number of aryl methyl sites for hydroxylation is 3. The molecular weight excluding hydrogens is 296 g/mol. The Hall–Kier alpha value is -2.36. The zero-order chi connectivity index (χ0) is 17.4. The number of benzene rings is 1.